The van der Waals surface area contributed by atoms with Crippen molar-refractivity contribution in [1.82, 2.24) is 15.1 Å². The maximum absolute atomic E-state index is 14.6. The lowest BCUT2D eigenvalue weighted by Crippen LogP contribution is -2.36. The van der Waals surface area contributed by atoms with Gasteiger partial charge in [0.25, 0.3) is 0 Å². The van der Waals surface area contributed by atoms with Crippen molar-refractivity contribution in [2.45, 2.75) is 25.2 Å². The second kappa shape index (κ2) is 7.03. The molecule has 1 N–H and O–H groups in total. The Hall–Kier alpha value is -1.72. The third kappa shape index (κ3) is 3.37. The Labute approximate surface area is 142 Å². The number of ether oxygens (including phenoxy) is 1. The van der Waals surface area contributed by atoms with Gasteiger partial charge in [0.05, 0.1) is 12.8 Å². The van der Waals surface area contributed by atoms with Crippen LogP contribution in [-0.2, 0) is 4.74 Å². The number of halogens is 1. The molecule has 4 nitrogen and oxygen atoms in total. The number of aromatic nitrogens is 2. The number of nitrogens with zero attached hydrogens (tertiary/aromatic N) is 2. The average Bonchev–Trinajstić information content (AvgIpc) is 3.29. The van der Waals surface area contributed by atoms with Gasteiger partial charge in [-0.25, -0.2) is 4.39 Å². The lowest BCUT2D eigenvalue weighted by molar-refractivity contribution is 0.151. The standard InChI is InChI=1S/C19H24FN3O/c20-19-9-16(17-10-21-22-11-17)1-2-18(19)15-3-6-23(7-4-15)12-14-5-8-24-13-14/h1-2,9-11,14-15H,3-8,12-13H2,(H,21,22). The van der Waals surface area contributed by atoms with Gasteiger partial charge in [0.15, 0.2) is 0 Å². The summed E-state index contributed by atoms with van der Waals surface area (Å²) in [4.78, 5) is 2.52. The molecule has 1 aromatic carbocycles. The molecule has 128 valence electrons. The molecule has 0 saturated carbocycles. The molecule has 0 aliphatic carbocycles. The number of rotatable bonds is 4. The highest BCUT2D eigenvalue weighted by atomic mass is 19.1. The SMILES string of the molecule is Fc1cc(-c2cn[nH]c2)ccc1C1CCN(CC2CCOC2)CC1. The van der Waals surface area contributed by atoms with E-state index >= 15 is 0 Å². The largest absolute Gasteiger partial charge is 0.381 e. The van der Waals surface area contributed by atoms with E-state index in [9.17, 15) is 4.39 Å². The van der Waals surface area contributed by atoms with E-state index in [0.717, 1.165) is 62.4 Å². The second-order valence-corrected chi connectivity index (χ2v) is 7.03. The van der Waals surface area contributed by atoms with Crippen molar-refractivity contribution in [2.24, 2.45) is 5.92 Å². The van der Waals surface area contributed by atoms with Crippen LogP contribution in [0.5, 0.6) is 0 Å². The predicted octanol–water partition coefficient (Wildman–Crippen LogP) is 3.43. The third-order valence-corrected chi connectivity index (χ3v) is 5.40. The minimum Gasteiger partial charge on any atom is -0.381 e. The van der Waals surface area contributed by atoms with E-state index in [4.69, 9.17) is 4.74 Å². The van der Waals surface area contributed by atoms with Crippen LogP contribution in [-0.4, -0.2) is 47.9 Å². The number of benzene rings is 1. The first kappa shape index (κ1) is 15.8. The van der Waals surface area contributed by atoms with Crippen molar-refractivity contribution >= 4 is 0 Å². The summed E-state index contributed by atoms with van der Waals surface area (Å²) in [5.74, 6) is 0.934. The Morgan fingerprint density at radius 3 is 2.75 bits per heavy atom. The van der Waals surface area contributed by atoms with Gasteiger partial charge in [-0.15, -0.1) is 0 Å². The number of likely N-dealkylation sites (tertiary alicyclic amines) is 1. The Bertz CT molecular complexity index is 659. The molecule has 24 heavy (non-hydrogen) atoms. The van der Waals surface area contributed by atoms with Crippen molar-refractivity contribution < 1.29 is 9.13 Å². The van der Waals surface area contributed by atoms with Gasteiger partial charge in [-0.1, -0.05) is 12.1 Å². The number of hydrogen-bond donors (Lipinski definition) is 1. The minimum atomic E-state index is -0.0867. The summed E-state index contributed by atoms with van der Waals surface area (Å²) in [5.41, 5.74) is 2.67. The molecule has 0 radical (unpaired) electrons. The van der Waals surface area contributed by atoms with Crippen molar-refractivity contribution in [3.05, 3.63) is 42.0 Å². The Morgan fingerprint density at radius 1 is 1.21 bits per heavy atom. The molecule has 3 heterocycles. The maximum atomic E-state index is 14.6. The maximum Gasteiger partial charge on any atom is 0.127 e. The molecule has 1 unspecified atom stereocenters. The summed E-state index contributed by atoms with van der Waals surface area (Å²) in [5, 5.41) is 6.70. The van der Waals surface area contributed by atoms with Crippen LogP contribution in [0.2, 0.25) is 0 Å². The van der Waals surface area contributed by atoms with Gasteiger partial charge in [0, 0.05) is 24.9 Å². The summed E-state index contributed by atoms with van der Waals surface area (Å²) >= 11 is 0. The summed E-state index contributed by atoms with van der Waals surface area (Å²) in [7, 11) is 0. The molecule has 1 atom stereocenters. The lowest BCUT2D eigenvalue weighted by atomic mass is 9.88. The molecule has 0 spiro atoms. The van der Waals surface area contributed by atoms with Gasteiger partial charge in [-0.2, -0.15) is 5.10 Å². The van der Waals surface area contributed by atoms with Crippen LogP contribution in [0.1, 0.15) is 30.7 Å². The molecule has 4 rings (SSSR count). The Kier molecular flexibility index (Phi) is 4.63. The van der Waals surface area contributed by atoms with Crippen LogP contribution in [0.4, 0.5) is 4.39 Å². The van der Waals surface area contributed by atoms with Crippen LogP contribution >= 0.6 is 0 Å². The van der Waals surface area contributed by atoms with E-state index in [0.29, 0.717) is 11.8 Å². The van der Waals surface area contributed by atoms with Gasteiger partial charge in [-0.05, 0) is 61.4 Å². The molecule has 5 heteroatoms. The fourth-order valence-corrected chi connectivity index (χ4v) is 3.97. The molecule has 2 aliphatic heterocycles. The van der Waals surface area contributed by atoms with Crippen molar-refractivity contribution in [3.63, 3.8) is 0 Å². The zero-order chi connectivity index (χ0) is 16.4. The van der Waals surface area contributed by atoms with Crippen LogP contribution in [0.15, 0.2) is 30.6 Å². The monoisotopic (exact) mass is 329 g/mol. The summed E-state index contributed by atoms with van der Waals surface area (Å²) in [6.45, 7) is 5.07. The van der Waals surface area contributed by atoms with Gasteiger partial charge < -0.3 is 9.64 Å². The molecule has 0 amide bonds. The third-order valence-electron chi connectivity index (χ3n) is 5.40. The van der Waals surface area contributed by atoms with E-state index in [1.807, 2.05) is 12.1 Å². The molecular weight excluding hydrogens is 305 g/mol. The number of nitrogens with one attached hydrogen (secondary N) is 1. The fraction of sp³-hybridized carbons (Fsp3) is 0.526. The topological polar surface area (TPSA) is 41.2 Å². The fourth-order valence-electron chi connectivity index (χ4n) is 3.97. The first-order chi connectivity index (χ1) is 11.8. The van der Waals surface area contributed by atoms with E-state index < -0.39 is 0 Å². The molecule has 2 aliphatic rings. The zero-order valence-electron chi connectivity index (χ0n) is 13.9. The highest BCUT2D eigenvalue weighted by Crippen LogP contribution is 2.32. The van der Waals surface area contributed by atoms with Crippen molar-refractivity contribution in [1.29, 1.82) is 0 Å². The van der Waals surface area contributed by atoms with Gasteiger partial charge >= 0.3 is 0 Å². The first-order valence-corrected chi connectivity index (χ1v) is 8.88. The molecule has 1 aromatic heterocycles. The number of H-pyrrole nitrogens is 1. The smallest absolute Gasteiger partial charge is 0.127 e. The Morgan fingerprint density at radius 2 is 2.08 bits per heavy atom. The van der Waals surface area contributed by atoms with Crippen LogP contribution in [0.25, 0.3) is 11.1 Å². The Balaban J connectivity index is 1.38. The van der Waals surface area contributed by atoms with Gasteiger partial charge in [0.1, 0.15) is 5.82 Å². The highest BCUT2D eigenvalue weighted by molar-refractivity contribution is 5.62. The normalized spacial score (nSPS) is 23.0. The van der Waals surface area contributed by atoms with Crippen LogP contribution < -0.4 is 0 Å². The number of aromatic amines is 1. The van der Waals surface area contributed by atoms with Gasteiger partial charge in [0.2, 0.25) is 0 Å². The minimum absolute atomic E-state index is 0.0867. The lowest BCUT2D eigenvalue weighted by Gasteiger charge is -2.33. The molecule has 2 fully saturated rings. The summed E-state index contributed by atoms with van der Waals surface area (Å²) in [6, 6.07) is 5.61. The van der Waals surface area contributed by atoms with E-state index in [2.05, 4.69) is 15.1 Å². The number of hydrogen-bond acceptors (Lipinski definition) is 3. The summed E-state index contributed by atoms with van der Waals surface area (Å²) in [6.07, 6.45) is 6.77. The molecule has 2 saturated heterocycles. The van der Waals surface area contributed by atoms with E-state index in [1.165, 1.54) is 6.42 Å². The molecular formula is C19H24FN3O. The van der Waals surface area contributed by atoms with Crippen LogP contribution in [0.3, 0.4) is 0 Å². The van der Waals surface area contributed by atoms with Gasteiger partial charge in [-0.3, -0.25) is 5.10 Å². The molecule has 0 bridgehead atoms. The van der Waals surface area contributed by atoms with E-state index in [-0.39, 0.29) is 5.82 Å². The number of piperidine rings is 1. The van der Waals surface area contributed by atoms with Crippen LogP contribution in [0, 0.1) is 11.7 Å². The average molecular weight is 329 g/mol. The van der Waals surface area contributed by atoms with Crippen molar-refractivity contribution in [3.8, 4) is 11.1 Å². The quantitative estimate of drug-likeness (QED) is 0.934. The summed E-state index contributed by atoms with van der Waals surface area (Å²) < 4.78 is 20.1. The molecule has 2 aromatic rings. The zero-order valence-corrected chi connectivity index (χ0v) is 13.9. The highest BCUT2D eigenvalue weighted by Gasteiger charge is 2.26. The first-order valence-electron chi connectivity index (χ1n) is 8.88. The second-order valence-electron chi connectivity index (χ2n) is 7.03. The predicted molar refractivity (Wildman–Crippen MR) is 91.3 cm³/mol. The van der Waals surface area contributed by atoms with E-state index in [1.54, 1.807) is 18.5 Å². The van der Waals surface area contributed by atoms with Crippen molar-refractivity contribution in [2.75, 3.05) is 32.8 Å².